The molecule has 2 aromatic carbocycles. The maximum Gasteiger partial charge on any atom is 0.210 e. The number of thioether (sulfide) groups is 1. The van der Waals surface area contributed by atoms with E-state index in [0.29, 0.717) is 29.1 Å². The largest absolute Gasteiger partial charge is 0.496 e. The van der Waals surface area contributed by atoms with Crippen LogP contribution < -0.4 is 15.3 Å². The van der Waals surface area contributed by atoms with Crippen molar-refractivity contribution in [3.8, 4) is 22.9 Å². The van der Waals surface area contributed by atoms with Gasteiger partial charge in [-0.3, -0.25) is 0 Å². The number of benzene rings is 2. The molecule has 0 amide bonds. The Labute approximate surface area is 158 Å². The summed E-state index contributed by atoms with van der Waals surface area (Å²) in [5.41, 5.74) is 0.803. The highest BCUT2D eigenvalue weighted by Gasteiger charge is 2.15. The van der Waals surface area contributed by atoms with E-state index in [1.807, 2.05) is 48.5 Å². The lowest BCUT2D eigenvalue weighted by molar-refractivity contribution is 0.343. The lowest BCUT2D eigenvalue weighted by Gasteiger charge is -2.08. The molecule has 0 saturated heterocycles. The van der Waals surface area contributed by atoms with Gasteiger partial charge in [0.05, 0.1) is 19.3 Å². The molecule has 0 saturated carbocycles. The minimum Gasteiger partial charge on any atom is -0.496 e. The second kappa shape index (κ2) is 8.26. The lowest BCUT2D eigenvalue weighted by Crippen LogP contribution is -2.12. The van der Waals surface area contributed by atoms with Crippen molar-refractivity contribution in [2.24, 2.45) is 0 Å². The van der Waals surface area contributed by atoms with Gasteiger partial charge in [0.2, 0.25) is 5.16 Å². The molecule has 0 aliphatic carbocycles. The van der Waals surface area contributed by atoms with Crippen LogP contribution in [0.15, 0.2) is 58.2 Å². The van der Waals surface area contributed by atoms with Gasteiger partial charge in [-0.25, -0.2) is 4.68 Å². The van der Waals surface area contributed by atoms with Crippen molar-refractivity contribution in [2.75, 3.05) is 25.3 Å². The molecule has 8 heteroatoms. The van der Waals surface area contributed by atoms with E-state index >= 15 is 0 Å². The number of aromatic nitrogens is 3. The summed E-state index contributed by atoms with van der Waals surface area (Å²) in [6.45, 7) is 0.540. The van der Waals surface area contributed by atoms with Crippen LogP contribution in [-0.4, -0.2) is 34.3 Å². The second-order valence-electron chi connectivity index (χ2n) is 5.03. The van der Waals surface area contributed by atoms with Crippen LogP contribution in [-0.2, 0) is 0 Å². The minimum absolute atomic E-state index is 0.540. The Bertz CT molecular complexity index is 856. The minimum atomic E-state index is 0.540. The Hall–Kier alpha value is -2.19. The Kier molecular flexibility index (Phi) is 5.83. The Morgan fingerprint density at radius 3 is 2.80 bits per heavy atom. The molecule has 25 heavy (non-hydrogen) atoms. The first-order valence-electron chi connectivity index (χ1n) is 7.54. The number of halogens is 1. The Morgan fingerprint density at radius 2 is 2.00 bits per heavy atom. The van der Waals surface area contributed by atoms with E-state index in [9.17, 15) is 0 Å². The van der Waals surface area contributed by atoms with Gasteiger partial charge in [-0.05, 0) is 30.3 Å². The summed E-state index contributed by atoms with van der Waals surface area (Å²) in [6, 6.07) is 15.3. The maximum atomic E-state index is 6.14. The topological polar surface area (TPSA) is 75.2 Å². The summed E-state index contributed by atoms with van der Waals surface area (Å²) in [7, 11) is 1.62. The molecular formula is C17H17BrN4O2S. The molecule has 3 aromatic rings. The summed E-state index contributed by atoms with van der Waals surface area (Å²) in [5, 5.41) is 8.97. The number of hydrogen-bond acceptors (Lipinski definition) is 6. The summed E-state index contributed by atoms with van der Waals surface area (Å²) in [4.78, 5) is 0. The van der Waals surface area contributed by atoms with Crippen molar-refractivity contribution in [3.63, 3.8) is 0 Å². The van der Waals surface area contributed by atoms with Crippen LogP contribution >= 0.6 is 27.7 Å². The zero-order valence-electron chi connectivity index (χ0n) is 13.6. The van der Waals surface area contributed by atoms with Crippen molar-refractivity contribution in [1.82, 2.24) is 14.9 Å². The number of nitrogen functional groups attached to an aromatic ring is 1. The third-order valence-corrected chi connectivity index (χ3v) is 4.79. The average molecular weight is 421 g/mol. The molecule has 0 radical (unpaired) electrons. The molecule has 0 aliphatic rings. The van der Waals surface area contributed by atoms with Crippen molar-refractivity contribution >= 4 is 27.7 Å². The van der Waals surface area contributed by atoms with Crippen molar-refractivity contribution < 1.29 is 9.47 Å². The third kappa shape index (κ3) is 4.26. The molecular weight excluding hydrogens is 404 g/mol. The molecule has 1 heterocycles. The monoisotopic (exact) mass is 420 g/mol. The van der Waals surface area contributed by atoms with Crippen LogP contribution in [0.1, 0.15) is 0 Å². The fourth-order valence-electron chi connectivity index (χ4n) is 2.24. The molecule has 0 unspecified atom stereocenters. The van der Waals surface area contributed by atoms with E-state index in [-0.39, 0.29) is 0 Å². The van der Waals surface area contributed by atoms with Gasteiger partial charge in [-0.1, -0.05) is 45.9 Å². The van der Waals surface area contributed by atoms with E-state index in [1.54, 1.807) is 7.11 Å². The lowest BCUT2D eigenvalue weighted by atomic mass is 10.2. The zero-order valence-corrected chi connectivity index (χ0v) is 16.0. The van der Waals surface area contributed by atoms with Gasteiger partial charge >= 0.3 is 0 Å². The number of nitrogens with zero attached hydrogens (tertiary/aromatic N) is 3. The van der Waals surface area contributed by atoms with Gasteiger partial charge in [-0.2, -0.15) is 0 Å². The van der Waals surface area contributed by atoms with E-state index in [0.717, 1.165) is 15.8 Å². The molecule has 0 atom stereocenters. The molecule has 0 fully saturated rings. The summed E-state index contributed by atoms with van der Waals surface area (Å²) < 4.78 is 13.5. The molecule has 0 aliphatic heterocycles. The van der Waals surface area contributed by atoms with Gasteiger partial charge in [0, 0.05) is 10.2 Å². The van der Waals surface area contributed by atoms with Gasteiger partial charge < -0.3 is 15.3 Å². The fraction of sp³-hybridized carbons (Fsp3) is 0.176. The van der Waals surface area contributed by atoms with Crippen molar-refractivity contribution in [2.45, 2.75) is 5.16 Å². The van der Waals surface area contributed by atoms with Crippen molar-refractivity contribution in [3.05, 3.63) is 53.0 Å². The van der Waals surface area contributed by atoms with Gasteiger partial charge in [0.25, 0.3) is 0 Å². The SMILES string of the molecule is COc1ccccc1-c1nnc(SCCOc2cccc(Br)c2)n1N. The first kappa shape index (κ1) is 17.6. The standard InChI is InChI=1S/C17H17BrN4O2S/c1-23-15-8-3-2-7-14(15)16-20-21-17(22(16)19)25-10-9-24-13-6-4-5-12(18)11-13/h2-8,11H,9-10,19H2,1H3. The number of ether oxygens (including phenoxy) is 2. The number of para-hydroxylation sites is 1. The van der Waals surface area contributed by atoms with Crippen LogP contribution in [0.25, 0.3) is 11.4 Å². The predicted octanol–water partition coefficient (Wildman–Crippen LogP) is 3.60. The summed E-state index contributed by atoms with van der Waals surface area (Å²) in [6.07, 6.45) is 0. The molecule has 2 N–H and O–H groups in total. The normalized spacial score (nSPS) is 10.6. The quantitative estimate of drug-likeness (QED) is 0.357. The van der Waals surface area contributed by atoms with Crippen LogP contribution in [0.5, 0.6) is 11.5 Å². The van der Waals surface area contributed by atoms with Crippen LogP contribution in [0.3, 0.4) is 0 Å². The van der Waals surface area contributed by atoms with Crippen LogP contribution in [0.4, 0.5) is 0 Å². The molecule has 130 valence electrons. The summed E-state index contributed by atoms with van der Waals surface area (Å²) >= 11 is 4.91. The predicted molar refractivity (Wildman–Crippen MR) is 103 cm³/mol. The number of methoxy groups -OCH3 is 1. The molecule has 1 aromatic heterocycles. The van der Waals surface area contributed by atoms with Gasteiger partial charge in [0.15, 0.2) is 5.82 Å². The van der Waals surface area contributed by atoms with Gasteiger partial charge in [-0.15, -0.1) is 10.2 Å². The Morgan fingerprint density at radius 1 is 1.16 bits per heavy atom. The first-order chi connectivity index (χ1) is 12.2. The maximum absolute atomic E-state index is 6.14. The molecule has 0 spiro atoms. The van der Waals surface area contributed by atoms with Crippen molar-refractivity contribution in [1.29, 1.82) is 0 Å². The highest BCUT2D eigenvalue weighted by Crippen LogP contribution is 2.29. The highest BCUT2D eigenvalue weighted by molar-refractivity contribution is 9.10. The van der Waals surface area contributed by atoms with E-state index in [1.165, 1.54) is 16.4 Å². The number of nitrogens with two attached hydrogens (primary N) is 1. The number of rotatable bonds is 7. The van der Waals surface area contributed by atoms with E-state index in [4.69, 9.17) is 15.3 Å². The van der Waals surface area contributed by atoms with Crippen LogP contribution in [0, 0.1) is 0 Å². The zero-order chi connectivity index (χ0) is 17.6. The molecule has 6 nitrogen and oxygen atoms in total. The van der Waals surface area contributed by atoms with E-state index < -0.39 is 0 Å². The molecule has 0 bridgehead atoms. The first-order valence-corrected chi connectivity index (χ1v) is 9.32. The Balaban J connectivity index is 1.62. The highest BCUT2D eigenvalue weighted by atomic mass is 79.9. The smallest absolute Gasteiger partial charge is 0.210 e. The van der Waals surface area contributed by atoms with Gasteiger partial charge in [0.1, 0.15) is 11.5 Å². The van der Waals surface area contributed by atoms with Crippen LogP contribution in [0.2, 0.25) is 0 Å². The van der Waals surface area contributed by atoms with E-state index in [2.05, 4.69) is 26.1 Å². The molecule has 3 rings (SSSR count). The second-order valence-corrected chi connectivity index (χ2v) is 7.01. The average Bonchev–Trinajstić information content (AvgIpc) is 2.99. The number of hydrogen-bond donors (Lipinski definition) is 1. The fourth-order valence-corrected chi connectivity index (χ4v) is 3.29. The summed E-state index contributed by atoms with van der Waals surface area (Å²) in [5.74, 6) is 8.93. The third-order valence-electron chi connectivity index (χ3n) is 3.39.